The van der Waals surface area contributed by atoms with Crippen molar-refractivity contribution in [2.75, 3.05) is 0 Å². The molecule has 140 valence electrons. The van der Waals surface area contributed by atoms with Gasteiger partial charge in [0.1, 0.15) is 6.61 Å². The Bertz CT molecular complexity index is 1330. The number of hydrogen-bond donors (Lipinski definition) is 2. The third-order valence-corrected chi connectivity index (χ3v) is 5.42. The van der Waals surface area contributed by atoms with Gasteiger partial charge in [-0.05, 0) is 55.5 Å². The van der Waals surface area contributed by atoms with Crippen molar-refractivity contribution in [2.24, 2.45) is 0 Å². The molecule has 2 N–H and O–H groups in total. The first kappa shape index (κ1) is 17.7. The van der Waals surface area contributed by atoms with E-state index in [0.717, 1.165) is 16.3 Å². The quantitative estimate of drug-likeness (QED) is 0.284. The van der Waals surface area contributed by atoms with E-state index in [-0.39, 0.29) is 6.61 Å². The van der Waals surface area contributed by atoms with Crippen LogP contribution in [0.4, 0.5) is 0 Å². The topological polar surface area (TPSA) is 66.8 Å². The molecule has 0 unspecified atom stereocenters. The predicted octanol–water partition coefficient (Wildman–Crippen LogP) is 3.62. The molecule has 5 heteroatoms. The fraction of sp³-hybridized carbons (Fsp3) is 0.0417. The maximum Gasteiger partial charge on any atom is 0.488 e. The van der Waals surface area contributed by atoms with Crippen LogP contribution in [0, 0.1) is 0 Å². The molecule has 5 rings (SSSR count). The van der Waals surface area contributed by atoms with Crippen molar-refractivity contribution in [3.63, 3.8) is 0 Å². The molecule has 5 aromatic rings. The van der Waals surface area contributed by atoms with Crippen molar-refractivity contribution in [1.29, 1.82) is 0 Å². The van der Waals surface area contributed by atoms with Crippen LogP contribution in [-0.4, -0.2) is 23.1 Å². The van der Waals surface area contributed by atoms with Crippen LogP contribution in [0.25, 0.3) is 32.3 Å². The second-order valence-electron chi connectivity index (χ2n) is 7.15. The lowest BCUT2D eigenvalue weighted by atomic mass is 9.80. The van der Waals surface area contributed by atoms with Gasteiger partial charge in [-0.25, -0.2) is 4.79 Å². The summed E-state index contributed by atoms with van der Waals surface area (Å²) in [6.07, 6.45) is 0. The molecule has 0 aromatic heterocycles. The summed E-state index contributed by atoms with van der Waals surface area (Å²) in [6.45, 7) is 0.164. The summed E-state index contributed by atoms with van der Waals surface area (Å²) in [4.78, 5) is 12.4. The van der Waals surface area contributed by atoms with E-state index in [2.05, 4.69) is 48.5 Å². The van der Waals surface area contributed by atoms with E-state index in [1.54, 1.807) is 0 Å². The Morgan fingerprint density at radius 3 is 2.07 bits per heavy atom. The van der Waals surface area contributed by atoms with E-state index in [1.807, 2.05) is 6.07 Å². The van der Waals surface area contributed by atoms with E-state index in [1.165, 1.54) is 45.8 Å². The zero-order chi connectivity index (χ0) is 20.0. The largest absolute Gasteiger partial charge is 0.488 e. The van der Waals surface area contributed by atoms with Gasteiger partial charge in [0, 0.05) is 0 Å². The summed E-state index contributed by atoms with van der Waals surface area (Å²) in [5.41, 5.74) is 1.65. The van der Waals surface area contributed by atoms with E-state index >= 15 is 0 Å². The van der Waals surface area contributed by atoms with Gasteiger partial charge in [-0.3, -0.25) is 0 Å². The normalized spacial score (nSPS) is 11.4. The molecular formula is C24H17BO4. The molecule has 0 heterocycles. The molecule has 0 saturated carbocycles. The average molecular weight is 380 g/mol. The molecule has 0 bridgehead atoms. The van der Waals surface area contributed by atoms with Crippen molar-refractivity contribution >= 4 is 50.9 Å². The summed E-state index contributed by atoms with van der Waals surface area (Å²) >= 11 is 0. The molecule has 4 nitrogen and oxygen atoms in total. The van der Waals surface area contributed by atoms with Crippen LogP contribution in [-0.2, 0) is 11.3 Å². The Morgan fingerprint density at radius 1 is 0.759 bits per heavy atom. The summed E-state index contributed by atoms with van der Waals surface area (Å²) < 4.78 is 5.54. The predicted molar refractivity (Wildman–Crippen MR) is 116 cm³/mol. The van der Waals surface area contributed by atoms with Gasteiger partial charge >= 0.3 is 13.1 Å². The smallest absolute Gasteiger partial charge is 0.457 e. The molecule has 0 aliphatic rings. The van der Waals surface area contributed by atoms with Crippen LogP contribution < -0.4 is 5.46 Å². The summed E-state index contributed by atoms with van der Waals surface area (Å²) in [5.74, 6) is -0.449. The first-order chi connectivity index (χ1) is 14.1. The maximum atomic E-state index is 12.4. The van der Waals surface area contributed by atoms with Crippen LogP contribution >= 0.6 is 0 Å². The zero-order valence-electron chi connectivity index (χ0n) is 15.5. The first-order valence-corrected chi connectivity index (χ1v) is 9.40. The third-order valence-electron chi connectivity index (χ3n) is 5.42. The third kappa shape index (κ3) is 3.01. The molecule has 29 heavy (non-hydrogen) atoms. The highest BCUT2D eigenvalue weighted by molar-refractivity contribution is 6.58. The van der Waals surface area contributed by atoms with Crippen molar-refractivity contribution in [1.82, 2.24) is 0 Å². The minimum atomic E-state index is -1.56. The van der Waals surface area contributed by atoms with Crippen molar-refractivity contribution in [2.45, 2.75) is 6.61 Å². The molecule has 0 spiro atoms. The second kappa shape index (κ2) is 6.89. The Kier molecular flexibility index (Phi) is 4.20. The van der Waals surface area contributed by atoms with Gasteiger partial charge in [-0.2, -0.15) is 0 Å². The van der Waals surface area contributed by atoms with E-state index in [9.17, 15) is 4.79 Å². The van der Waals surface area contributed by atoms with Gasteiger partial charge in [-0.15, -0.1) is 0 Å². The standard InChI is InChI=1S/C24H17BO4/c26-24(18-8-11-20(12-9-18)25(27)28)29-14-19-7-6-17-5-4-15-2-1-3-16-10-13-21(19)23(17)22(15)16/h1-13,27-28H,14H2. The molecule has 0 saturated heterocycles. The fourth-order valence-electron chi connectivity index (χ4n) is 3.94. The highest BCUT2D eigenvalue weighted by Gasteiger charge is 2.15. The van der Waals surface area contributed by atoms with Gasteiger partial charge in [-0.1, -0.05) is 66.7 Å². The lowest BCUT2D eigenvalue weighted by molar-refractivity contribution is 0.0474. The summed E-state index contributed by atoms with van der Waals surface area (Å²) in [5, 5.41) is 25.4. The number of hydrogen-bond acceptors (Lipinski definition) is 4. The number of carbonyl (C=O) groups is 1. The Hall–Kier alpha value is -3.41. The molecule has 0 fully saturated rings. The highest BCUT2D eigenvalue weighted by Crippen LogP contribution is 2.36. The Labute approximate surface area is 167 Å². The van der Waals surface area contributed by atoms with Crippen molar-refractivity contribution in [3.8, 4) is 0 Å². The fourth-order valence-corrected chi connectivity index (χ4v) is 3.94. The van der Waals surface area contributed by atoms with Crippen molar-refractivity contribution in [3.05, 3.63) is 90.0 Å². The van der Waals surface area contributed by atoms with Gasteiger partial charge < -0.3 is 14.8 Å². The number of carbonyl (C=O) groups excluding carboxylic acids is 1. The number of esters is 1. The first-order valence-electron chi connectivity index (χ1n) is 9.40. The zero-order valence-corrected chi connectivity index (χ0v) is 15.5. The molecular weight excluding hydrogens is 363 g/mol. The molecule has 5 aromatic carbocycles. The molecule has 0 aliphatic heterocycles. The van der Waals surface area contributed by atoms with E-state index in [0.29, 0.717) is 11.0 Å². The monoisotopic (exact) mass is 380 g/mol. The Morgan fingerprint density at radius 2 is 1.38 bits per heavy atom. The minimum absolute atomic E-state index is 0.164. The van der Waals surface area contributed by atoms with Crippen LogP contribution in [0.2, 0.25) is 0 Å². The average Bonchev–Trinajstić information content (AvgIpc) is 2.76. The van der Waals surface area contributed by atoms with Crippen LogP contribution in [0.5, 0.6) is 0 Å². The van der Waals surface area contributed by atoms with Crippen LogP contribution in [0.3, 0.4) is 0 Å². The number of benzene rings is 5. The highest BCUT2D eigenvalue weighted by atomic mass is 16.5. The SMILES string of the molecule is O=C(OCc1ccc2ccc3cccc4ccc1c2c34)c1ccc(B(O)O)cc1. The maximum absolute atomic E-state index is 12.4. The van der Waals surface area contributed by atoms with E-state index < -0.39 is 13.1 Å². The van der Waals surface area contributed by atoms with E-state index in [4.69, 9.17) is 14.8 Å². The number of ether oxygens (including phenoxy) is 1. The molecule has 0 amide bonds. The second-order valence-corrected chi connectivity index (χ2v) is 7.15. The number of rotatable bonds is 4. The summed E-state index contributed by atoms with van der Waals surface area (Å²) in [6, 6.07) is 24.9. The van der Waals surface area contributed by atoms with Gasteiger partial charge in [0.05, 0.1) is 5.56 Å². The minimum Gasteiger partial charge on any atom is -0.457 e. The lowest BCUT2D eigenvalue weighted by Crippen LogP contribution is -2.29. The summed E-state index contributed by atoms with van der Waals surface area (Å²) in [7, 11) is -1.56. The molecule has 0 atom stereocenters. The lowest BCUT2D eigenvalue weighted by Gasteiger charge is -2.14. The van der Waals surface area contributed by atoms with Gasteiger partial charge in [0.2, 0.25) is 0 Å². The Balaban J connectivity index is 1.48. The molecule has 0 radical (unpaired) electrons. The molecule has 0 aliphatic carbocycles. The van der Waals surface area contributed by atoms with Gasteiger partial charge in [0.25, 0.3) is 0 Å². The van der Waals surface area contributed by atoms with Crippen molar-refractivity contribution < 1.29 is 19.6 Å². The van der Waals surface area contributed by atoms with Crippen LogP contribution in [0.1, 0.15) is 15.9 Å². The van der Waals surface area contributed by atoms with Crippen LogP contribution in [0.15, 0.2) is 78.9 Å². The van der Waals surface area contributed by atoms with Gasteiger partial charge in [0.15, 0.2) is 0 Å².